The van der Waals surface area contributed by atoms with E-state index in [9.17, 15) is 4.79 Å². The van der Waals surface area contributed by atoms with Crippen LogP contribution in [0.3, 0.4) is 0 Å². The molecular weight excluding hydrogens is 392 g/mol. The van der Waals surface area contributed by atoms with Crippen molar-refractivity contribution in [3.8, 4) is 22.8 Å². The molecule has 0 atom stereocenters. The normalized spacial score (nSPS) is 14.5. The first-order valence-electron chi connectivity index (χ1n) is 10.8. The maximum absolute atomic E-state index is 10.9. The van der Waals surface area contributed by atoms with Crippen molar-refractivity contribution in [3.63, 3.8) is 0 Å². The second kappa shape index (κ2) is 7.76. The van der Waals surface area contributed by atoms with Gasteiger partial charge >= 0.3 is 5.97 Å². The van der Waals surface area contributed by atoms with E-state index in [0.29, 0.717) is 13.0 Å². The topological polar surface area (TPSA) is 62.9 Å². The van der Waals surface area contributed by atoms with Crippen LogP contribution in [0.2, 0.25) is 0 Å². The summed E-state index contributed by atoms with van der Waals surface area (Å²) in [6.07, 6.45) is 2.96. The maximum Gasteiger partial charge on any atom is 0.303 e. The number of aryl methyl sites for hydroxylation is 2. The number of carboxylic acids is 1. The van der Waals surface area contributed by atoms with Crippen molar-refractivity contribution in [2.45, 2.75) is 32.3 Å². The minimum Gasteiger partial charge on any atom is -0.497 e. The van der Waals surface area contributed by atoms with Crippen LogP contribution in [-0.2, 0) is 24.9 Å². The predicted octanol–water partition coefficient (Wildman–Crippen LogP) is 3.85. The van der Waals surface area contributed by atoms with E-state index >= 15 is 0 Å². The fourth-order valence-electron chi connectivity index (χ4n) is 4.94. The highest BCUT2D eigenvalue weighted by Crippen LogP contribution is 2.42. The third-order valence-electron chi connectivity index (χ3n) is 6.42. The Morgan fingerprint density at radius 1 is 1.23 bits per heavy atom. The van der Waals surface area contributed by atoms with Crippen LogP contribution >= 0.6 is 0 Å². The molecule has 3 aromatic rings. The molecule has 0 fully saturated rings. The summed E-state index contributed by atoms with van der Waals surface area (Å²) in [6.45, 7) is 2.25. The summed E-state index contributed by atoms with van der Waals surface area (Å²) in [7, 11) is 3.80. The number of benzene rings is 2. The van der Waals surface area contributed by atoms with Crippen molar-refractivity contribution in [2.75, 3.05) is 25.1 Å². The summed E-state index contributed by atoms with van der Waals surface area (Å²) in [4.78, 5) is 13.2. The van der Waals surface area contributed by atoms with Crippen LogP contribution in [0.4, 0.5) is 5.69 Å². The average Bonchev–Trinajstić information content (AvgIpc) is 2.77. The lowest BCUT2D eigenvalue weighted by molar-refractivity contribution is -0.634. The van der Waals surface area contributed by atoms with Gasteiger partial charge in [0.05, 0.1) is 23.6 Å². The number of aliphatic carboxylic acids is 1. The number of hydrogen-bond donors (Lipinski definition) is 1. The van der Waals surface area contributed by atoms with Gasteiger partial charge < -0.3 is 19.5 Å². The second-order valence-electron chi connectivity index (χ2n) is 8.36. The summed E-state index contributed by atoms with van der Waals surface area (Å²) in [6, 6.07) is 12.8. The van der Waals surface area contributed by atoms with Crippen molar-refractivity contribution < 1.29 is 23.9 Å². The van der Waals surface area contributed by atoms with Gasteiger partial charge in [-0.15, -0.1) is 0 Å². The Morgan fingerprint density at radius 2 is 2.10 bits per heavy atom. The number of methoxy groups -OCH3 is 1. The van der Waals surface area contributed by atoms with E-state index in [-0.39, 0.29) is 6.42 Å². The Kier molecular flexibility index (Phi) is 4.93. The van der Waals surface area contributed by atoms with E-state index in [1.54, 1.807) is 7.11 Å². The van der Waals surface area contributed by atoms with E-state index in [1.165, 1.54) is 22.5 Å². The van der Waals surface area contributed by atoms with Gasteiger partial charge in [0.25, 0.3) is 0 Å². The van der Waals surface area contributed by atoms with Gasteiger partial charge in [-0.1, -0.05) is 0 Å². The van der Waals surface area contributed by atoms with Crippen LogP contribution in [0.5, 0.6) is 11.5 Å². The highest BCUT2D eigenvalue weighted by atomic mass is 16.5. The van der Waals surface area contributed by atoms with Gasteiger partial charge in [0, 0.05) is 37.3 Å². The highest BCUT2D eigenvalue weighted by Gasteiger charge is 2.30. The summed E-state index contributed by atoms with van der Waals surface area (Å²) < 4.78 is 13.9. The van der Waals surface area contributed by atoms with Crippen LogP contribution in [0.15, 0.2) is 36.4 Å². The Labute approximate surface area is 181 Å². The number of nitrogens with zero attached hydrogens (tertiary/aromatic N) is 2. The number of pyridine rings is 1. The number of ether oxygens (including phenoxy) is 2. The molecule has 5 rings (SSSR count). The van der Waals surface area contributed by atoms with Gasteiger partial charge in [0.1, 0.15) is 25.2 Å². The fraction of sp³-hybridized carbons (Fsp3) is 0.360. The first-order chi connectivity index (χ1) is 15.0. The Balaban J connectivity index is 1.57. The molecule has 0 bridgehead atoms. The van der Waals surface area contributed by atoms with E-state index in [1.807, 2.05) is 6.07 Å². The molecule has 6 heteroatoms. The SMILES string of the molecule is COc1ccc2c(c1)cc1c([n+]2C)-c2cc3c(cc2OC1)N(CCCC(=O)O)CCC3. The molecule has 0 unspecified atom stereocenters. The molecule has 0 saturated heterocycles. The van der Waals surface area contributed by atoms with Crippen molar-refractivity contribution in [3.05, 3.63) is 47.5 Å². The standard InChI is InChI=1S/C25H26N2O4/c1-26-21-8-7-19(30-2)12-17(21)11-18-15-31-23-14-22-16(13-20(23)25(18)26)5-3-9-27(22)10-4-6-24(28)29/h7-8,11-14H,3-6,9-10,15H2,1-2H3/p+1. The molecule has 0 aliphatic carbocycles. The van der Waals surface area contributed by atoms with Crippen LogP contribution in [0.25, 0.3) is 22.2 Å². The Morgan fingerprint density at radius 3 is 2.90 bits per heavy atom. The molecule has 2 aromatic carbocycles. The summed E-state index contributed by atoms with van der Waals surface area (Å²) in [5, 5.41) is 10.1. The lowest BCUT2D eigenvalue weighted by atomic mass is 9.93. The zero-order chi connectivity index (χ0) is 21.5. The van der Waals surface area contributed by atoms with Gasteiger partial charge in [-0.3, -0.25) is 4.79 Å². The largest absolute Gasteiger partial charge is 0.497 e. The van der Waals surface area contributed by atoms with E-state index in [0.717, 1.165) is 53.9 Å². The number of anilines is 1. The first kappa shape index (κ1) is 19.7. The molecule has 6 nitrogen and oxygen atoms in total. The fourth-order valence-corrected chi connectivity index (χ4v) is 4.94. The smallest absolute Gasteiger partial charge is 0.303 e. The lowest BCUT2D eigenvalue weighted by Crippen LogP contribution is -2.35. The molecule has 3 heterocycles. The van der Waals surface area contributed by atoms with Gasteiger partial charge in [0.15, 0.2) is 0 Å². The minimum atomic E-state index is -0.736. The van der Waals surface area contributed by atoms with Crippen molar-refractivity contribution in [2.24, 2.45) is 7.05 Å². The highest BCUT2D eigenvalue weighted by molar-refractivity contribution is 5.83. The third kappa shape index (κ3) is 3.46. The van der Waals surface area contributed by atoms with E-state index in [4.69, 9.17) is 14.6 Å². The second-order valence-corrected chi connectivity index (χ2v) is 8.36. The van der Waals surface area contributed by atoms with Crippen LogP contribution in [0, 0.1) is 0 Å². The maximum atomic E-state index is 10.9. The van der Waals surface area contributed by atoms with Gasteiger partial charge in [-0.05, 0) is 49.1 Å². The number of hydrogen-bond acceptors (Lipinski definition) is 4. The minimum absolute atomic E-state index is 0.203. The number of fused-ring (bicyclic) bond motifs is 5. The number of carboxylic acid groups (broad SMARTS) is 1. The van der Waals surface area contributed by atoms with Gasteiger partial charge in [-0.2, -0.15) is 4.57 Å². The molecule has 0 spiro atoms. The molecule has 0 amide bonds. The van der Waals surface area contributed by atoms with E-state index < -0.39 is 5.97 Å². The number of carbonyl (C=O) groups is 1. The van der Waals surface area contributed by atoms with Crippen LogP contribution in [-0.4, -0.2) is 31.3 Å². The Hall–Kier alpha value is -3.28. The van der Waals surface area contributed by atoms with Crippen LogP contribution < -0.4 is 18.9 Å². The van der Waals surface area contributed by atoms with Crippen molar-refractivity contribution in [1.29, 1.82) is 0 Å². The molecular formula is C25H27N2O4+. The van der Waals surface area contributed by atoms with Crippen molar-refractivity contribution >= 4 is 22.6 Å². The first-order valence-corrected chi connectivity index (χ1v) is 10.8. The molecule has 1 N–H and O–H groups in total. The summed E-state index contributed by atoms with van der Waals surface area (Å²) >= 11 is 0. The van der Waals surface area contributed by atoms with Crippen molar-refractivity contribution in [1.82, 2.24) is 0 Å². The van der Waals surface area contributed by atoms with Gasteiger partial charge in [0.2, 0.25) is 11.2 Å². The molecule has 160 valence electrons. The predicted molar refractivity (Wildman–Crippen MR) is 119 cm³/mol. The summed E-state index contributed by atoms with van der Waals surface area (Å²) in [5.74, 6) is 1.02. The zero-order valence-electron chi connectivity index (χ0n) is 18.0. The molecule has 0 radical (unpaired) electrons. The number of aromatic nitrogens is 1. The molecule has 1 aromatic heterocycles. The molecule has 31 heavy (non-hydrogen) atoms. The monoisotopic (exact) mass is 419 g/mol. The molecule has 0 saturated carbocycles. The Bertz CT molecular complexity index is 1190. The van der Waals surface area contributed by atoms with Crippen LogP contribution in [0.1, 0.15) is 30.4 Å². The lowest BCUT2D eigenvalue weighted by Gasteiger charge is -2.33. The quantitative estimate of drug-likeness (QED) is 0.637. The van der Waals surface area contributed by atoms with Gasteiger partial charge in [-0.25, -0.2) is 0 Å². The molecule has 2 aliphatic rings. The number of rotatable bonds is 5. The average molecular weight is 420 g/mol. The molecule has 2 aliphatic heterocycles. The summed E-state index contributed by atoms with van der Waals surface area (Å²) in [5.41, 5.74) is 7.15. The third-order valence-corrected chi connectivity index (χ3v) is 6.42. The zero-order valence-corrected chi connectivity index (χ0v) is 18.0. The van der Waals surface area contributed by atoms with E-state index in [2.05, 4.69) is 46.8 Å².